The maximum absolute atomic E-state index is 13.0. The normalized spacial score (nSPS) is 19.5. The first-order valence-electron chi connectivity index (χ1n) is 12.0. The van der Waals surface area contributed by atoms with E-state index in [1.807, 2.05) is 24.3 Å². The van der Waals surface area contributed by atoms with Crippen molar-refractivity contribution >= 4 is 39.9 Å². The molecule has 188 valence electrons. The highest BCUT2D eigenvalue weighted by atomic mass is 16.5. The fourth-order valence-corrected chi connectivity index (χ4v) is 5.37. The number of methoxy groups -OCH3 is 2. The van der Waals surface area contributed by atoms with E-state index in [9.17, 15) is 9.59 Å². The average Bonchev–Trinajstić information content (AvgIpc) is 3.46. The molecular weight excluding hydrogens is 470 g/mol. The van der Waals surface area contributed by atoms with E-state index in [1.54, 1.807) is 46.5 Å². The number of carbonyl (C=O) groups is 2. The van der Waals surface area contributed by atoms with Crippen LogP contribution in [0.4, 0.5) is 17.2 Å². The summed E-state index contributed by atoms with van der Waals surface area (Å²) in [4.78, 5) is 27.0. The minimum Gasteiger partial charge on any atom is -0.497 e. The standard InChI is InChI=1S/C28H27N5O4/c1-33(2)26(34)16-6-10-24(37-4)23(12-16)29-25-18-8-5-15(11-22(18)31-32-25)20-14-28(20)19-13-17(36-3)7-9-21(19)30-27(28)35/h5-13,20H,14H2,1-4H3,(H,30,35)(H2,29,31,32)/t20-,28-/m0/s1. The molecule has 1 spiro atoms. The molecule has 9 heteroatoms. The number of benzene rings is 3. The van der Waals surface area contributed by atoms with Crippen LogP contribution in [0.15, 0.2) is 54.6 Å². The second-order valence-corrected chi connectivity index (χ2v) is 9.71. The molecule has 0 saturated heterocycles. The van der Waals surface area contributed by atoms with E-state index in [2.05, 4.69) is 33.0 Å². The zero-order chi connectivity index (χ0) is 25.9. The van der Waals surface area contributed by atoms with Crippen LogP contribution in [-0.4, -0.2) is 55.2 Å². The van der Waals surface area contributed by atoms with Gasteiger partial charge in [-0.05, 0) is 66.1 Å². The SMILES string of the molecule is COc1ccc2c(c1)[C@]1(C[C@H]1c1ccc3c(Nc4cc(C(=O)N(C)C)ccc4OC)n[nH]c3c1)C(=O)N2. The summed E-state index contributed by atoms with van der Waals surface area (Å²) in [6.07, 6.45) is 0.744. The van der Waals surface area contributed by atoms with Crippen molar-refractivity contribution in [1.29, 1.82) is 0 Å². The topological polar surface area (TPSA) is 109 Å². The van der Waals surface area contributed by atoms with Gasteiger partial charge in [-0.15, -0.1) is 0 Å². The second kappa shape index (κ2) is 8.26. The maximum atomic E-state index is 13.0. The molecule has 1 saturated carbocycles. The van der Waals surface area contributed by atoms with Crippen molar-refractivity contribution in [3.63, 3.8) is 0 Å². The van der Waals surface area contributed by atoms with Gasteiger partial charge >= 0.3 is 0 Å². The van der Waals surface area contributed by atoms with Crippen molar-refractivity contribution in [2.24, 2.45) is 0 Å². The highest BCUT2D eigenvalue weighted by Gasteiger charge is 2.65. The Balaban J connectivity index is 1.31. The van der Waals surface area contributed by atoms with Crippen LogP contribution in [0.3, 0.4) is 0 Å². The van der Waals surface area contributed by atoms with Crippen molar-refractivity contribution in [2.75, 3.05) is 38.9 Å². The fraction of sp³-hybridized carbons (Fsp3) is 0.250. The first-order valence-corrected chi connectivity index (χ1v) is 12.0. The number of nitrogens with one attached hydrogen (secondary N) is 3. The molecule has 6 rings (SSSR count). The molecule has 3 aromatic carbocycles. The lowest BCUT2D eigenvalue weighted by molar-refractivity contribution is -0.118. The van der Waals surface area contributed by atoms with Gasteiger partial charge in [0.2, 0.25) is 5.91 Å². The zero-order valence-corrected chi connectivity index (χ0v) is 21.0. The Kier molecular flexibility index (Phi) is 5.11. The van der Waals surface area contributed by atoms with Gasteiger partial charge in [0.15, 0.2) is 5.82 Å². The van der Waals surface area contributed by atoms with Crippen molar-refractivity contribution in [3.8, 4) is 11.5 Å². The minimum absolute atomic E-state index is 0.0343. The minimum atomic E-state index is -0.564. The molecular formula is C28H27N5O4. The number of nitrogens with zero attached hydrogens (tertiary/aromatic N) is 2. The van der Waals surface area contributed by atoms with Crippen LogP contribution in [0.25, 0.3) is 10.9 Å². The molecule has 0 bridgehead atoms. The second-order valence-electron chi connectivity index (χ2n) is 9.71. The summed E-state index contributed by atoms with van der Waals surface area (Å²) in [5.74, 6) is 1.96. The van der Waals surface area contributed by atoms with Crippen molar-refractivity contribution in [1.82, 2.24) is 15.1 Å². The molecule has 1 aromatic heterocycles. The van der Waals surface area contributed by atoms with Crippen LogP contribution in [0.5, 0.6) is 11.5 Å². The Morgan fingerprint density at radius 3 is 2.68 bits per heavy atom. The quantitative estimate of drug-likeness (QED) is 0.364. The molecule has 2 aliphatic rings. The van der Waals surface area contributed by atoms with Gasteiger partial charge in [0.05, 0.1) is 30.8 Å². The Hall–Kier alpha value is -4.53. The van der Waals surface area contributed by atoms with Crippen molar-refractivity contribution < 1.29 is 19.1 Å². The lowest BCUT2D eigenvalue weighted by Crippen LogP contribution is -2.21. The molecule has 1 fully saturated rings. The summed E-state index contributed by atoms with van der Waals surface area (Å²) in [6, 6.07) is 17.1. The van der Waals surface area contributed by atoms with E-state index in [0.717, 1.165) is 39.9 Å². The Bertz CT molecular complexity index is 1580. The molecule has 3 N–H and O–H groups in total. The van der Waals surface area contributed by atoms with E-state index >= 15 is 0 Å². The van der Waals surface area contributed by atoms with Crippen LogP contribution < -0.4 is 20.1 Å². The number of fused-ring (bicyclic) bond motifs is 3. The Morgan fingerprint density at radius 1 is 1.08 bits per heavy atom. The van der Waals surface area contributed by atoms with Gasteiger partial charge in [-0.2, -0.15) is 5.10 Å². The van der Waals surface area contributed by atoms with Gasteiger partial charge < -0.3 is 25.0 Å². The van der Waals surface area contributed by atoms with Crippen LogP contribution in [-0.2, 0) is 10.2 Å². The molecule has 0 unspecified atom stereocenters. The summed E-state index contributed by atoms with van der Waals surface area (Å²) < 4.78 is 10.9. The zero-order valence-electron chi connectivity index (χ0n) is 21.0. The van der Waals surface area contributed by atoms with Crippen LogP contribution in [0.2, 0.25) is 0 Å². The maximum Gasteiger partial charge on any atom is 0.253 e. The lowest BCUT2D eigenvalue weighted by Gasteiger charge is -2.14. The van der Waals surface area contributed by atoms with Gasteiger partial charge in [-0.1, -0.05) is 6.07 Å². The highest BCUT2D eigenvalue weighted by Crippen LogP contribution is 2.65. The fourth-order valence-electron chi connectivity index (χ4n) is 5.37. The first kappa shape index (κ1) is 22.9. The molecule has 1 aliphatic carbocycles. The van der Waals surface area contributed by atoms with Crippen molar-refractivity contribution in [3.05, 3.63) is 71.3 Å². The summed E-state index contributed by atoms with van der Waals surface area (Å²) in [5.41, 5.74) is 4.39. The summed E-state index contributed by atoms with van der Waals surface area (Å²) in [6.45, 7) is 0. The number of hydrogen-bond donors (Lipinski definition) is 3. The van der Waals surface area contributed by atoms with Gasteiger partial charge in [0, 0.05) is 36.7 Å². The third-order valence-electron chi connectivity index (χ3n) is 7.42. The number of aromatic amines is 1. The van der Waals surface area contributed by atoms with Crippen LogP contribution in [0, 0.1) is 0 Å². The molecule has 4 aromatic rings. The van der Waals surface area contributed by atoms with E-state index in [4.69, 9.17) is 9.47 Å². The number of anilines is 3. The number of amides is 2. The van der Waals surface area contributed by atoms with Crippen molar-refractivity contribution in [2.45, 2.75) is 17.8 Å². The molecule has 9 nitrogen and oxygen atoms in total. The van der Waals surface area contributed by atoms with Gasteiger partial charge in [-0.3, -0.25) is 14.7 Å². The molecule has 2 amide bonds. The van der Waals surface area contributed by atoms with Crippen LogP contribution >= 0.6 is 0 Å². The van der Waals surface area contributed by atoms with Gasteiger partial charge in [0.1, 0.15) is 11.5 Å². The summed E-state index contributed by atoms with van der Waals surface area (Å²) in [5, 5.41) is 14.8. The van der Waals surface area contributed by atoms with E-state index < -0.39 is 5.41 Å². The number of ether oxygens (including phenoxy) is 2. The third-order valence-corrected chi connectivity index (χ3v) is 7.42. The number of H-pyrrole nitrogens is 1. The Labute approximate surface area is 213 Å². The largest absolute Gasteiger partial charge is 0.497 e. The third kappa shape index (κ3) is 3.49. The average molecular weight is 498 g/mol. The molecule has 37 heavy (non-hydrogen) atoms. The van der Waals surface area contributed by atoms with Gasteiger partial charge in [-0.25, -0.2) is 0 Å². The molecule has 1 aliphatic heterocycles. The lowest BCUT2D eigenvalue weighted by atomic mass is 9.91. The molecule has 2 atom stereocenters. The van der Waals surface area contributed by atoms with E-state index in [-0.39, 0.29) is 17.7 Å². The molecule has 2 heterocycles. The first-order chi connectivity index (χ1) is 17.8. The molecule has 0 radical (unpaired) electrons. The number of hydrogen-bond acceptors (Lipinski definition) is 6. The number of aromatic nitrogens is 2. The smallest absolute Gasteiger partial charge is 0.253 e. The summed E-state index contributed by atoms with van der Waals surface area (Å²) in [7, 11) is 6.65. The predicted molar refractivity (Wildman–Crippen MR) is 141 cm³/mol. The number of carbonyl (C=O) groups excluding carboxylic acids is 2. The van der Waals surface area contributed by atoms with Crippen LogP contribution in [0.1, 0.15) is 33.8 Å². The highest BCUT2D eigenvalue weighted by molar-refractivity contribution is 6.10. The Morgan fingerprint density at radius 2 is 1.92 bits per heavy atom. The summed E-state index contributed by atoms with van der Waals surface area (Å²) >= 11 is 0. The monoisotopic (exact) mass is 497 g/mol. The van der Waals surface area contributed by atoms with E-state index in [1.165, 1.54) is 4.90 Å². The predicted octanol–water partition coefficient (Wildman–Crippen LogP) is 4.40. The number of rotatable bonds is 6. The van der Waals surface area contributed by atoms with E-state index in [0.29, 0.717) is 22.8 Å². The van der Waals surface area contributed by atoms with Gasteiger partial charge in [0.25, 0.3) is 5.91 Å².